The molecule has 0 fully saturated rings. The molecule has 0 saturated carbocycles. The standard InChI is InChI=1S/C34H63NO6/c1-5-6-7-8-9-10-11-12-13-14-15-16-17-18-19-20-21-22-23-24-25-35(26-29(2)32(36)37,27-30(3)33(38)39)28-31(4)34(40)41/h5-6,29-31H,7-28H2,1-4H3,(H2-,36,37,38,39,40,41)/b6-5+. The molecule has 0 bridgehead atoms. The van der Waals surface area contributed by atoms with Crippen LogP contribution in [0.4, 0.5) is 0 Å². The minimum absolute atomic E-state index is 0.187. The van der Waals surface area contributed by atoms with E-state index in [9.17, 15) is 29.7 Å². The predicted octanol–water partition coefficient (Wildman–Crippen LogP) is 7.23. The average Bonchev–Trinajstić information content (AvgIpc) is 2.91. The largest absolute Gasteiger partial charge is 0.550 e. The third kappa shape index (κ3) is 21.5. The van der Waals surface area contributed by atoms with Crippen molar-refractivity contribution < 1.29 is 34.2 Å². The van der Waals surface area contributed by atoms with Crippen molar-refractivity contribution in [1.82, 2.24) is 0 Å². The summed E-state index contributed by atoms with van der Waals surface area (Å²) >= 11 is 0. The molecule has 240 valence electrons. The van der Waals surface area contributed by atoms with Gasteiger partial charge in [0.25, 0.3) is 0 Å². The van der Waals surface area contributed by atoms with Crippen LogP contribution in [0.25, 0.3) is 0 Å². The van der Waals surface area contributed by atoms with Gasteiger partial charge in [0.1, 0.15) is 11.8 Å². The average molecular weight is 582 g/mol. The fourth-order valence-electron chi connectivity index (χ4n) is 6.00. The molecule has 0 radical (unpaired) electrons. The molecule has 0 saturated heterocycles. The summed E-state index contributed by atoms with van der Waals surface area (Å²) in [6.07, 6.45) is 27.1. The van der Waals surface area contributed by atoms with Gasteiger partial charge in [-0.1, -0.05) is 109 Å². The summed E-state index contributed by atoms with van der Waals surface area (Å²) in [6, 6.07) is 0. The Balaban J connectivity index is 4.21. The van der Waals surface area contributed by atoms with E-state index >= 15 is 0 Å². The van der Waals surface area contributed by atoms with E-state index in [1.807, 2.05) is 0 Å². The number of quaternary nitrogens is 1. The zero-order valence-corrected chi connectivity index (χ0v) is 26.9. The van der Waals surface area contributed by atoms with E-state index in [0.717, 1.165) is 19.3 Å². The van der Waals surface area contributed by atoms with Crippen LogP contribution in [0, 0.1) is 17.8 Å². The number of unbranched alkanes of at least 4 members (excludes halogenated alkanes) is 17. The molecule has 2 N–H and O–H groups in total. The molecule has 0 rings (SSSR count). The van der Waals surface area contributed by atoms with Crippen molar-refractivity contribution in [1.29, 1.82) is 0 Å². The maximum absolute atomic E-state index is 11.6. The number of nitrogens with zero attached hydrogens (tertiary/aromatic N) is 1. The molecule has 0 aromatic heterocycles. The molecule has 3 unspecified atom stereocenters. The molecule has 41 heavy (non-hydrogen) atoms. The van der Waals surface area contributed by atoms with Crippen LogP contribution in [0.15, 0.2) is 12.2 Å². The summed E-state index contributed by atoms with van der Waals surface area (Å²) in [7, 11) is 0. The summed E-state index contributed by atoms with van der Waals surface area (Å²) in [5.74, 6) is -5.22. The lowest BCUT2D eigenvalue weighted by Crippen LogP contribution is -2.58. The lowest BCUT2D eigenvalue weighted by molar-refractivity contribution is -0.934. The van der Waals surface area contributed by atoms with Crippen molar-refractivity contribution >= 4 is 17.9 Å². The number of hydrogen-bond acceptors (Lipinski definition) is 4. The summed E-state index contributed by atoms with van der Waals surface area (Å²) in [5, 5.41) is 30.6. The minimum atomic E-state index is -1.18. The number of carbonyl (C=O) groups excluding carboxylic acids is 1. The highest BCUT2D eigenvalue weighted by atomic mass is 16.4. The van der Waals surface area contributed by atoms with E-state index in [-0.39, 0.29) is 24.1 Å². The molecule has 0 aliphatic rings. The number of aliphatic carboxylic acids is 3. The van der Waals surface area contributed by atoms with Crippen LogP contribution >= 0.6 is 0 Å². The highest BCUT2D eigenvalue weighted by Gasteiger charge is 2.36. The van der Waals surface area contributed by atoms with Crippen LogP contribution < -0.4 is 5.11 Å². The summed E-state index contributed by atoms with van der Waals surface area (Å²) in [5.41, 5.74) is 0. The first-order valence-electron chi connectivity index (χ1n) is 16.7. The van der Waals surface area contributed by atoms with Crippen LogP contribution in [0.3, 0.4) is 0 Å². The van der Waals surface area contributed by atoms with Gasteiger partial charge in [-0.15, -0.1) is 0 Å². The zero-order chi connectivity index (χ0) is 30.9. The quantitative estimate of drug-likeness (QED) is 0.0547. The maximum atomic E-state index is 11.6. The lowest BCUT2D eigenvalue weighted by Gasteiger charge is -2.43. The zero-order valence-electron chi connectivity index (χ0n) is 26.9. The molecule has 0 heterocycles. The van der Waals surface area contributed by atoms with Gasteiger partial charge < -0.3 is 24.6 Å². The molecular formula is C34H63NO6. The van der Waals surface area contributed by atoms with Gasteiger partial charge >= 0.3 is 11.9 Å². The van der Waals surface area contributed by atoms with E-state index in [4.69, 9.17) is 0 Å². The van der Waals surface area contributed by atoms with Crippen molar-refractivity contribution in [3.8, 4) is 0 Å². The molecule has 7 nitrogen and oxygen atoms in total. The van der Waals surface area contributed by atoms with E-state index in [1.165, 1.54) is 96.3 Å². The van der Waals surface area contributed by atoms with Gasteiger partial charge in [-0.05, 0) is 46.5 Å². The molecule has 3 atom stereocenters. The Kier molecular flexibility index (Phi) is 23.5. The first kappa shape index (κ1) is 39.1. The van der Waals surface area contributed by atoms with Crippen LogP contribution in [0.5, 0.6) is 0 Å². The molecule has 0 aliphatic carbocycles. The Bertz CT molecular complexity index is 667. The Labute approximate surface area is 251 Å². The Hall–Kier alpha value is -1.89. The Morgan fingerprint density at radius 3 is 1.22 bits per heavy atom. The van der Waals surface area contributed by atoms with Crippen molar-refractivity contribution in [2.75, 3.05) is 26.2 Å². The van der Waals surface area contributed by atoms with Gasteiger partial charge in [0.2, 0.25) is 0 Å². The van der Waals surface area contributed by atoms with Gasteiger partial charge in [0.05, 0.1) is 26.2 Å². The third-order valence-electron chi connectivity index (χ3n) is 8.47. The van der Waals surface area contributed by atoms with Crippen molar-refractivity contribution in [3.05, 3.63) is 12.2 Å². The summed E-state index contributed by atoms with van der Waals surface area (Å²) < 4.78 is 0.187. The topological polar surface area (TPSA) is 115 Å². The van der Waals surface area contributed by atoms with Crippen molar-refractivity contribution in [3.63, 3.8) is 0 Å². The second kappa shape index (κ2) is 24.7. The van der Waals surface area contributed by atoms with E-state index < -0.39 is 35.7 Å². The SMILES string of the molecule is C/C=C/CCCCCCCCCCCCCCCCCCC[N+](CC(C)C(=O)[O-])(CC(C)C(=O)O)CC(C)C(=O)O. The fraction of sp³-hybridized carbons (Fsp3) is 0.853. The molecule has 0 aromatic carbocycles. The molecule has 0 amide bonds. The highest BCUT2D eigenvalue weighted by Crippen LogP contribution is 2.22. The summed E-state index contributed by atoms with van der Waals surface area (Å²) in [6.45, 7) is 8.10. The second-order valence-corrected chi connectivity index (χ2v) is 12.7. The molecular weight excluding hydrogens is 518 g/mol. The van der Waals surface area contributed by atoms with E-state index in [2.05, 4.69) is 19.1 Å². The Morgan fingerprint density at radius 1 is 0.585 bits per heavy atom. The van der Waals surface area contributed by atoms with Gasteiger partial charge in [-0.3, -0.25) is 9.59 Å². The van der Waals surface area contributed by atoms with Crippen LogP contribution in [0.2, 0.25) is 0 Å². The van der Waals surface area contributed by atoms with Gasteiger partial charge in [0.15, 0.2) is 0 Å². The van der Waals surface area contributed by atoms with Crippen molar-refractivity contribution in [2.45, 2.75) is 143 Å². The van der Waals surface area contributed by atoms with Crippen LogP contribution in [-0.4, -0.2) is 58.8 Å². The van der Waals surface area contributed by atoms with Crippen molar-refractivity contribution in [2.24, 2.45) is 17.8 Å². The minimum Gasteiger partial charge on any atom is -0.550 e. The normalized spacial score (nSPS) is 15.4. The third-order valence-corrected chi connectivity index (χ3v) is 8.47. The smallest absolute Gasteiger partial charge is 0.311 e. The number of allylic oxidation sites excluding steroid dienone is 2. The number of rotatable bonds is 29. The first-order chi connectivity index (χ1) is 19.5. The molecule has 0 aromatic rings. The number of carboxylic acid groups (broad SMARTS) is 3. The lowest BCUT2D eigenvalue weighted by atomic mass is 10.00. The van der Waals surface area contributed by atoms with Gasteiger partial charge in [-0.25, -0.2) is 0 Å². The number of hydrogen-bond donors (Lipinski definition) is 2. The summed E-state index contributed by atoms with van der Waals surface area (Å²) in [4.78, 5) is 34.8. The number of carbonyl (C=O) groups is 3. The monoisotopic (exact) mass is 581 g/mol. The maximum Gasteiger partial charge on any atom is 0.311 e. The predicted molar refractivity (Wildman–Crippen MR) is 165 cm³/mol. The first-order valence-corrected chi connectivity index (χ1v) is 16.7. The molecule has 0 spiro atoms. The van der Waals surface area contributed by atoms with Crippen LogP contribution in [-0.2, 0) is 14.4 Å². The fourth-order valence-corrected chi connectivity index (χ4v) is 6.00. The van der Waals surface area contributed by atoms with Crippen LogP contribution in [0.1, 0.15) is 143 Å². The van der Waals surface area contributed by atoms with E-state index in [0.29, 0.717) is 6.54 Å². The second-order valence-electron chi connectivity index (χ2n) is 12.7. The number of carboxylic acids is 3. The molecule has 0 aliphatic heterocycles. The molecule has 7 heteroatoms. The Morgan fingerprint density at radius 2 is 0.902 bits per heavy atom. The highest BCUT2D eigenvalue weighted by molar-refractivity contribution is 5.70. The van der Waals surface area contributed by atoms with E-state index in [1.54, 1.807) is 20.8 Å². The van der Waals surface area contributed by atoms with Gasteiger partial charge in [0, 0.05) is 11.9 Å². The van der Waals surface area contributed by atoms with Gasteiger partial charge in [-0.2, -0.15) is 0 Å².